The van der Waals surface area contributed by atoms with E-state index < -0.39 is 0 Å². The maximum atomic E-state index is 9.19. The van der Waals surface area contributed by atoms with E-state index in [0.29, 0.717) is 36.8 Å². The van der Waals surface area contributed by atoms with Gasteiger partial charge in [0.15, 0.2) is 0 Å². The van der Waals surface area contributed by atoms with E-state index in [1.807, 2.05) is 29.2 Å². The van der Waals surface area contributed by atoms with E-state index in [1.54, 1.807) is 6.07 Å². The fourth-order valence-corrected chi connectivity index (χ4v) is 2.25. The summed E-state index contributed by atoms with van der Waals surface area (Å²) >= 11 is 0. The molecule has 0 spiro atoms. The first-order chi connectivity index (χ1) is 10.2. The van der Waals surface area contributed by atoms with E-state index >= 15 is 0 Å². The SMILES string of the molecule is NCc1ccc(-c2cc(N)ccc2N(CCO)CCO)o1. The number of rotatable bonds is 7. The van der Waals surface area contributed by atoms with Gasteiger partial charge in [-0.2, -0.15) is 0 Å². The number of nitrogen functional groups attached to an aromatic ring is 1. The molecule has 0 saturated heterocycles. The van der Waals surface area contributed by atoms with Crippen LogP contribution >= 0.6 is 0 Å². The Morgan fingerprint density at radius 2 is 1.76 bits per heavy atom. The molecule has 0 radical (unpaired) electrons. The number of furan rings is 1. The van der Waals surface area contributed by atoms with Crippen molar-refractivity contribution in [2.45, 2.75) is 6.54 Å². The topological polar surface area (TPSA) is 109 Å². The van der Waals surface area contributed by atoms with Gasteiger partial charge in [0.25, 0.3) is 0 Å². The van der Waals surface area contributed by atoms with E-state index in [0.717, 1.165) is 11.3 Å². The lowest BCUT2D eigenvalue weighted by Crippen LogP contribution is -2.30. The van der Waals surface area contributed by atoms with Crippen molar-refractivity contribution >= 4 is 11.4 Å². The standard InChI is InChI=1S/C15H21N3O3/c16-10-12-2-4-15(21-12)13-9-11(17)1-3-14(13)18(5-7-19)6-8-20/h1-4,9,19-20H,5-8,10,16-17H2. The van der Waals surface area contributed by atoms with Gasteiger partial charge in [-0.25, -0.2) is 0 Å². The third-order valence-corrected chi connectivity index (χ3v) is 3.23. The molecule has 0 amide bonds. The lowest BCUT2D eigenvalue weighted by molar-refractivity contribution is 0.281. The Hall–Kier alpha value is -2.02. The Kier molecular flexibility index (Phi) is 5.21. The van der Waals surface area contributed by atoms with Crippen molar-refractivity contribution in [1.29, 1.82) is 0 Å². The molecule has 0 saturated carbocycles. The molecule has 0 fully saturated rings. The zero-order chi connectivity index (χ0) is 15.2. The van der Waals surface area contributed by atoms with Crippen LogP contribution in [0.25, 0.3) is 11.3 Å². The van der Waals surface area contributed by atoms with E-state index in [2.05, 4.69) is 0 Å². The predicted octanol–water partition coefficient (Wildman–Crippen LogP) is 0.778. The second-order valence-corrected chi connectivity index (χ2v) is 4.68. The van der Waals surface area contributed by atoms with Gasteiger partial charge in [-0.15, -0.1) is 0 Å². The summed E-state index contributed by atoms with van der Waals surface area (Å²) in [5.74, 6) is 1.35. The Labute approximate surface area is 123 Å². The lowest BCUT2D eigenvalue weighted by atomic mass is 10.1. The summed E-state index contributed by atoms with van der Waals surface area (Å²) in [6.45, 7) is 1.16. The van der Waals surface area contributed by atoms with Crippen LogP contribution in [-0.2, 0) is 6.54 Å². The minimum Gasteiger partial charge on any atom is -0.460 e. The van der Waals surface area contributed by atoms with Crippen LogP contribution in [0.5, 0.6) is 0 Å². The fourth-order valence-electron chi connectivity index (χ4n) is 2.25. The Morgan fingerprint density at radius 3 is 2.33 bits per heavy atom. The summed E-state index contributed by atoms with van der Waals surface area (Å²) in [6.07, 6.45) is 0. The monoisotopic (exact) mass is 291 g/mol. The minimum absolute atomic E-state index is 0.00395. The smallest absolute Gasteiger partial charge is 0.136 e. The van der Waals surface area contributed by atoms with E-state index in [4.69, 9.17) is 15.9 Å². The van der Waals surface area contributed by atoms with Gasteiger partial charge in [0.2, 0.25) is 0 Å². The molecule has 0 aliphatic rings. The van der Waals surface area contributed by atoms with Crippen LogP contribution in [0.2, 0.25) is 0 Å². The van der Waals surface area contributed by atoms with Gasteiger partial charge in [0.05, 0.1) is 19.8 Å². The molecule has 1 aromatic heterocycles. The van der Waals surface area contributed by atoms with Crippen molar-refractivity contribution in [1.82, 2.24) is 0 Å². The zero-order valence-corrected chi connectivity index (χ0v) is 11.8. The van der Waals surface area contributed by atoms with Crippen molar-refractivity contribution in [3.05, 3.63) is 36.1 Å². The first-order valence-electron chi connectivity index (χ1n) is 6.85. The van der Waals surface area contributed by atoms with Crippen LogP contribution in [0.3, 0.4) is 0 Å². The molecule has 2 rings (SSSR count). The molecule has 21 heavy (non-hydrogen) atoms. The van der Waals surface area contributed by atoms with Crippen molar-refractivity contribution in [3.8, 4) is 11.3 Å². The summed E-state index contributed by atoms with van der Waals surface area (Å²) < 4.78 is 5.69. The molecule has 6 N–H and O–H groups in total. The third kappa shape index (κ3) is 3.55. The third-order valence-electron chi connectivity index (χ3n) is 3.23. The summed E-state index contributed by atoms with van der Waals surface area (Å²) in [5, 5.41) is 18.4. The van der Waals surface area contributed by atoms with Crippen molar-refractivity contribution in [2.24, 2.45) is 5.73 Å². The van der Waals surface area contributed by atoms with Crippen LogP contribution in [0.15, 0.2) is 34.7 Å². The van der Waals surface area contributed by atoms with E-state index in [9.17, 15) is 10.2 Å². The second-order valence-electron chi connectivity index (χ2n) is 4.68. The van der Waals surface area contributed by atoms with E-state index in [1.165, 1.54) is 0 Å². The number of hydrogen-bond acceptors (Lipinski definition) is 6. The lowest BCUT2D eigenvalue weighted by Gasteiger charge is -2.25. The van der Waals surface area contributed by atoms with Crippen molar-refractivity contribution < 1.29 is 14.6 Å². The summed E-state index contributed by atoms with van der Waals surface area (Å²) in [7, 11) is 0. The molecule has 0 aliphatic carbocycles. The zero-order valence-electron chi connectivity index (χ0n) is 11.8. The molecular formula is C15H21N3O3. The molecule has 114 valence electrons. The van der Waals surface area contributed by atoms with Crippen LogP contribution in [0.4, 0.5) is 11.4 Å². The number of benzene rings is 1. The average Bonchev–Trinajstić information content (AvgIpc) is 2.96. The molecule has 6 nitrogen and oxygen atoms in total. The molecule has 2 aromatic rings. The molecule has 0 aliphatic heterocycles. The van der Waals surface area contributed by atoms with Crippen LogP contribution in [-0.4, -0.2) is 36.5 Å². The molecule has 0 atom stereocenters. The highest BCUT2D eigenvalue weighted by Crippen LogP contribution is 2.33. The van der Waals surface area contributed by atoms with Gasteiger partial charge in [-0.3, -0.25) is 0 Å². The number of aliphatic hydroxyl groups excluding tert-OH is 2. The number of anilines is 2. The molecule has 1 aromatic carbocycles. The Morgan fingerprint density at radius 1 is 1.05 bits per heavy atom. The van der Waals surface area contributed by atoms with Crippen molar-refractivity contribution in [3.63, 3.8) is 0 Å². The number of nitrogens with zero attached hydrogens (tertiary/aromatic N) is 1. The summed E-state index contributed by atoms with van der Waals surface area (Å²) in [6, 6.07) is 9.13. The van der Waals surface area contributed by atoms with Crippen molar-refractivity contribution in [2.75, 3.05) is 36.9 Å². The van der Waals surface area contributed by atoms with Gasteiger partial charge >= 0.3 is 0 Å². The quantitative estimate of drug-likeness (QED) is 0.561. The van der Waals surface area contributed by atoms with Gasteiger partial charge in [0.1, 0.15) is 11.5 Å². The summed E-state index contributed by atoms with van der Waals surface area (Å²) in [5.41, 5.74) is 13.7. The van der Waals surface area contributed by atoms with Crippen LogP contribution in [0.1, 0.15) is 5.76 Å². The first kappa shape index (κ1) is 15.4. The van der Waals surface area contributed by atoms with Crippen LogP contribution < -0.4 is 16.4 Å². The van der Waals surface area contributed by atoms with E-state index in [-0.39, 0.29) is 13.2 Å². The van der Waals surface area contributed by atoms with Gasteiger partial charge < -0.3 is 31.0 Å². The van der Waals surface area contributed by atoms with Gasteiger partial charge in [0, 0.05) is 30.0 Å². The first-order valence-corrected chi connectivity index (χ1v) is 6.85. The molecule has 0 unspecified atom stereocenters. The second kappa shape index (κ2) is 7.12. The minimum atomic E-state index is -0.00395. The predicted molar refractivity (Wildman–Crippen MR) is 82.8 cm³/mol. The summed E-state index contributed by atoms with van der Waals surface area (Å²) in [4.78, 5) is 1.89. The molecule has 0 bridgehead atoms. The Bertz CT molecular complexity index is 577. The number of aliphatic hydroxyl groups is 2. The average molecular weight is 291 g/mol. The highest BCUT2D eigenvalue weighted by Gasteiger charge is 2.15. The molecule has 6 heteroatoms. The number of hydrogen-bond donors (Lipinski definition) is 4. The largest absolute Gasteiger partial charge is 0.460 e. The maximum Gasteiger partial charge on any atom is 0.136 e. The fraction of sp³-hybridized carbons (Fsp3) is 0.333. The normalized spacial score (nSPS) is 10.8. The van der Waals surface area contributed by atoms with Crippen LogP contribution in [0, 0.1) is 0 Å². The maximum absolute atomic E-state index is 9.19. The van der Waals surface area contributed by atoms with Gasteiger partial charge in [-0.05, 0) is 30.3 Å². The highest BCUT2D eigenvalue weighted by molar-refractivity contribution is 5.78. The molecular weight excluding hydrogens is 270 g/mol. The Balaban J connectivity index is 2.45. The van der Waals surface area contributed by atoms with Gasteiger partial charge in [-0.1, -0.05) is 0 Å². The number of nitrogens with two attached hydrogens (primary N) is 2. The molecule has 1 heterocycles. The highest BCUT2D eigenvalue weighted by atomic mass is 16.3.